The quantitative estimate of drug-likeness (QED) is 0.729. The summed E-state index contributed by atoms with van der Waals surface area (Å²) < 4.78 is 9.77. The summed E-state index contributed by atoms with van der Waals surface area (Å²) in [4.78, 5) is 11.4. The third kappa shape index (κ3) is 5.85. The topological polar surface area (TPSA) is 47.6 Å². The van der Waals surface area contributed by atoms with Crippen molar-refractivity contribution < 1.29 is 14.3 Å². The molecule has 0 aliphatic carbocycles. The molecule has 19 heavy (non-hydrogen) atoms. The van der Waals surface area contributed by atoms with Crippen LogP contribution in [-0.4, -0.2) is 32.8 Å². The van der Waals surface area contributed by atoms with Crippen molar-refractivity contribution in [1.29, 1.82) is 0 Å². The van der Waals surface area contributed by atoms with Gasteiger partial charge >= 0.3 is 5.97 Å². The lowest BCUT2D eigenvalue weighted by atomic mass is 10.0. The van der Waals surface area contributed by atoms with E-state index >= 15 is 0 Å². The van der Waals surface area contributed by atoms with Crippen molar-refractivity contribution in [2.24, 2.45) is 0 Å². The van der Waals surface area contributed by atoms with Crippen molar-refractivity contribution in [1.82, 2.24) is 5.32 Å². The fourth-order valence-corrected chi connectivity index (χ4v) is 1.81. The highest BCUT2D eigenvalue weighted by molar-refractivity contribution is 5.72. The number of carbonyl (C=O) groups is 1. The minimum Gasteiger partial charge on any atom is -0.469 e. The van der Waals surface area contributed by atoms with Crippen LogP contribution in [0, 0.1) is 0 Å². The van der Waals surface area contributed by atoms with Crippen LogP contribution in [0.5, 0.6) is 0 Å². The zero-order valence-corrected chi connectivity index (χ0v) is 11.9. The van der Waals surface area contributed by atoms with Crippen LogP contribution in [0.3, 0.4) is 0 Å². The largest absolute Gasteiger partial charge is 0.469 e. The molecule has 1 aromatic rings. The van der Waals surface area contributed by atoms with Crippen LogP contribution in [-0.2, 0) is 27.2 Å². The maximum absolute atomic E-state index is 11.4. The summed E-state index contributed by atoms with van der Waals surface area (Å²) in [5.41, 5.74) is 2.15. The van der Waals surface area contributed by atoms with E-state index in [2.05, 4.69) is 12.2 Å². The number of ether oxygens (including phenoxy) is 2. The number of hydrogen-bond acceptors (Lipinski definition) is 4. The molecule has 1 atom stereocenters. The monoisotopic (exact) mass is 265 g/mol. The van der Waals surface area contributed by atoms with Gasteiger partial charge in [-0.15, -0.1) is 0 Å². The molecule has 4 heteroatoms. The van der Waals surface area contributed by atoms with Gasteiger partial charge in [0, 0.05) is 26.3 Å². The molecule has 0 aliphatic rings. The first kappa shape index (κ1) is 15.7. The van der Waals surface area contributed by atoms with E-state index in [1.54, 1.807) is 7.11 Å². The van der Waals surface area contributed by atoms with Crippen molar-refractivity contribution in [2.75, 3.05) is 20.8 Å². The molecular weight excluding hydrogens is 242 g/mol. The van der Waals surface area contributed by atoms with E-state index in [0.29, 0.717) is 12.5 Å². The van der Waals surface area contributed by atoms with Gasteiger partial charge in [0.15, 0.2) is 0 Å². The average Bonchev–Trinajstić information content (AvgIpc) is 2.44. The molecular formula is C15H23NO3. The summed E-state index contributed by atoms with van der Waals surface area (Å²) in [6, 6.07) is 8.31. The van der Waals surface area contributed by atoms with Crippen LogP contribution in [0.25, 0.3) is 0 Å². The van der Waals surface area contributed by atoms with Gasteiger partial charge in [-0.2, -0.15) is 0 Å². The van der Waals surface area contributed by atoms with Gasteiger partial charge in [-0.3, -0.25) is 4.79 Å². The highest BCUT2D eigenvalue weighted by Crippen LogP contribution is 2.10. The Morgan fingerprint density at radius 2 is 1.95 bits per heavy atom. The third-order valence-corrected chi connectivity index (χ3v) is 3.08. The molecule has 1 aromatic carbocycles. The Morgan fingerprint density at radius 3 is 2.58 bits per heavy atom. The molecule has 1 unspecified atom stereocenters. The van der Waals surface area contributed by atoms with E-state index in [1.807, 2.05) is 24.3 Å². The van der Waals surface area contributed by atoms with Crippen molar-refractivity contribution in [2.45, 2.75) is 32.4 Å². The summed E-state index contributed by atoms with van der Waals surface area (Å²) in [6.07, 6.45) is 1.29. The summed E-state index contributed by atoms with van der Waals surface area (Å²) in [5, 5.41) is 3.43. The second kappa shape index (κ2) is 8.67. The normalized spacial score (nSPS) is 12.2. The minimum absolute atomic E-state index is 0.208. The maximum atomic E-state index is 11.4. The third-order valence-electron chi connectivity index (χ3n) is 3.08. The lowest BCUT2D eigenvalue weighted by Crippen LogP contribution is -2.27. The van der Waals surface area contributed by atoms with Crippen LogP contribution in [0.2, 0.25) is 0 Å². The Bertz CT molecular complexity index is 393. The Morgan fingerprint density at radius 1 is 1.26 bits per heavy atom. The minimum atomic E-state index is -0.208. The Balaban J connectivity index is 2.55. The summed E-state index contributed by atoms with van der Waals surface area (Å²) in [6.45, 7) is 3.62. The number of esters is 1. The molecule has 4 nitrogen and oxygen atoms in total. The lowest BCUT2D eigenvalue weighted by Gasteiger charge is -2.15. The van der Waals surface area contributed by atoms with Gasteiger partial charge in [0.05, 0.1) is 13.5 Å². The summed E-state index contributed by atoms with van der Waals surface area (Å²) >= 11 is 0. The molecule has 0 heterocycles. The zero-order chi connectivity index (χ0) is 14.1. The zero-order valence-electron chi connectivity index (χ0n) is 11.9. The molecule has 0 aliphatic heterocycles. The van der Waals surface area contributed by atoms with E-state index in [4.69, 9.17) is 9.47 Å². The summed E-state index contributed by atoms with van der Waals surface area (Å²) in [5.74, 6) is -0.208. The van der Waals surface area contributed by atoms with Gasteiger partial charge in [0.2, 0.25) is 0 Å². The van der Waals surface area contributed by atoms with Gasteiger partial charge in [0.25, 0.3) is 0 Å². The number of methoxy groups -OCH3 is 2. The number of benzene rings is 1. The first-order valence-electron chi connectivity index (χ1n) is 6.53. The SMILES string of the molecule is COCCC(C)NCc1ccccc1CC(=O)OC. The number of nitrogens with one attached hydrogen (secondary N) is 1. The molecule has 0 radical (unpaired) electrons. The van der Waals surface area contributed by atoms with Crippen LogP contribution in [0.15, 0.2) is 24.3 Å². The average molecular weight is 265 g/mol. The van der Waals surface area contributed by atoms with Gasteiger partial charge < -0.3 is 14.8 Å². The van der Waals surface area contributed by atoms with E-state index < -0.39 is 0 Å². The first-order valence-corrected chi connectivity index (χ1v) is 6.53. The van der Waals surface area contributed by atoms with E-state index in [9.17, 15) is 4.79 Å². The molecule has 0 saturated heterocycles. The van der Waals surface area contributed by atoms with Crippen molar-refractivity contribution in [3.8, 4) is 0 Å². The summed E-state index contributed by atoms with van der Waals surface area (Å²) in [7, 11) is 3.12. The standard InChI is InChI=1S/C15H23NO3/c1-12(8-9-18-2)16-11-14-7-5-4-6-13(14)10-15(17)19-3/h4-7,12,16H,8-11H2,1-3H3. The van der Waals surface area contributed by atoms with E-state index in [0.717, 1.165) is 30.7 Å². The second-order valence-electron chi connectivity index (χ2n) is 4.59. The molecule has 0 saturated carbocycles. The molecule has 0 aromatic heterocycles. The first-order chi connectivity index (χ1) is 9.17. The van der Waals surface area contributed by atoms with E-state index in [1.165, 1.54) is 7.11 Å². The Labute approximate surface area is 115 Å². The highest BCUT2D eigenvalue weighted by Gasteiger charge is 2.08. The maximum Gasteiger partial charge on any atom is 0.309 e. The van der Waals surface area contributed by atoms with Gasteiger partial charge in [-0.05, 0) is 24.5 Å². The number of carbonyl (C=O) groups excluding carboxylic acids is 1. The molecule has 0 bridgehead atoms. The van der Waals surface area contributed by atoms with Crippen LogP contribution >= 0.6 is 0 Å². The molecule has 0 spiro atoms. The highest BCUT2D eigenvalue weighted by atomic mass is 16.5. The number of rotatable bonds is 8. The predicted octanol–water partition coefficient (Wildman–Crippen LogP) is 1.92. The molecule has 0 fully saturated rings. The number of hydrogen-bond donors (Lipinski definition) is 1. The van der Waals surface area contributed by atoms with Crippen molar-refractivity contribution in [3.05, 3.63) is 35.4 Å². The van der Waals surface area contributed by atoms with Gasteiger partial charge in [-0.25, -0.2) is 0 Å². The second-order valence-corrected chi connectivity index (χ2v) is 4.59. The molecule has 1 rings (SSSR count). The van der Waals surface area contributed by atoms with E-state index in [-0.39, 0.29) is 5.97 Å². The van der Waals surface area contributed by atoms with Crippen molar-refractivity contribution in [3.63, 3.8) is 0 Å². The Hall–Kier alpha value is -1.39. The van der Waals surface area contributed by atoms with Crippen LogP contribution in [0.4, 0.5) is 0 Å². The molecule has 1 N–H and O–H groups in total. The van der Waals surface area contributed by atoms with Gasteiger partial charge in [-0.1, -0.05) is 24.3 Å². The smallest absolute Gasteiger partial charge is 0.309 e. The van der Waals surface area contributed by atoms with Crippen LogP contribution in [0.1, 0.15) is 24.5 Å². The predicted molar refractivity (Wildman–Crippen MR) is 75.0 cm³/mol. The molecule has 106 valence electrons. The fraction of sp³-hybridized carbons (Fsp3) is 0.533. The fourth-order valence-electron chi connectivity index (χ4n) is 1.81. The van der Waals surface area contributed by atoms with Gasteiger partial charge in [0.1, 0.15) is 0 Å². The molecule has 0 amide bonds. The van der Waals surface area contributed by atoms with Crippen LogP contribution < -0.4 is 5.32 Å². The lowest BCUT2D eigenvalue weighted by molar-refractivity contribution is -0.139. The Kier molecular flexibility index (Phi) is 7.15. The van der Waals surface area contributed by atoms with Crippen molar-refractivity contribution >= 4 is 5.97 Å².